The third kappa shape index (κ3) is 2.22. The first kappa shape index (κ1) is 13.2. The minimum Gasteiger partial charge on any atom is -0.616 e. The molecule has 0 aliphatic carbocycles. The summed E-state index contributed by atoms with van der Waals surface area (Å²) in [6, 6.07) is 7.84. The number of benzene rings is 1. The summed E-state index contributed by atoms with van der Waals surface area (Å²) in [5.41, 5.74) is 1.05. The number of allylic oxidation sites excluding steroid dienone is 2. The van der Waals surface area contributed by atoms with Gasteiger partial charge in [-0.3, -0.25) is 4.65 Å². The zero-order valence-electron chi connectivity index (χ0n) is 10.1. The Balaban J connectivity index is 2.65. The normalized spacial score (nSPS) is 21.7. The molecule has 0 spiro atoms. The maximum atomic E-state index is 12.8. The first-order chi connectivity index (χ1) is 8.99. The van der Waals surface area contributed by atoms with Crippen LogP contribution in [-0.2, 0) is 10.3 Å². The fraction of sp³-hybridized carbons (Fsp3) is 0.0769. The minimum atomic E-state index is -2.62. The van der Waals surface area contributed by atoms with Crippen LogP contribution in [0, 0.1) is 16.5 Å². The van der Waals surface area contributed by atoms with Gasteiger partial charge >= 0.3 is 0 Å². The highest BCUT2D eigenvalue weighted by molar-refractivity contribution is 7.73. The average Bonchev–Trinajstić information content (AvgIpc) is 2.38. The summed E-state index contributed by atoms with van der Waals surface area (Å²) < 4.78 is 21.4. The Labute approximate surface area is 112 Å². The Morgan fingerprint density at radius 2 is 1.89 bits per heavy atom. The van der Waals surface area contributed by atoms with Crippen molar-refractivity contribution in [3.63, 3.8) is 0 Å². The second-order valence-electron chi connectivity index (χ2n) is 4.05. The van der Waals surface area contributed by atoms with Gasteiger partial charge in [-0.05, 0) is 31.2 Å². The quantitative estimate of drug-likeness (QED) is 0.444. The van der Waals surface area contributed by atoms with E-state index in [1.165, 1.54) is 36.5 Å². The van der Waals surface area contributed by atoms with E-state index in [9.17, 15) is 13.6 Å². The molecule has 1 heterocycles. The Morgan fingerprint density at radius 1 is 1.26 bits per heavy atom. The first-order valence-corrected chi connectivity index (χ1v) is 6.50. The highest BCUT2D eigenvalue weighted by Gasteiger charge is 2.30. The maximum absolute atomic E-state index is 12.8. The first-order valence-electron chi connectivity index (χ1n) is 5.43. The highest BCUT2D eigenvalue weighted by atomic mass is 32.2. The lowest BCUT2D eigenvalue weighted by Gasteiger charge is -2.38. The van der Waals surface area contributed by atoms with Crippen molar-refractivity contribution in [3.05, 3.63) is 59.0 Å². The lowest BCUT2D eigenvalue weighted by molar-refractivity contribution is 0.623. The lowest BCUT2D eigenvalue weighted by Crippen LogP contribution is -2.46. The van der Waals surface area contributed by atoms with Gasteiger partial charge < -0.3 is 5.21 Å². The number of quaternary nitrogens is 1. The van der Waals surface area contributed by atoms with Crippen LogP contribution in [0.1, 0.15) is 12.5 Å². The van der Waals surface area contributed by atoms with Crippen LogP contribution in [0.4, 0.5) is 5.69 Å². The predicted molar refractivity (Wildman–Crippen MR) is 73.1 cm³/mol. The number of hydroxylamine groups is 2. The van der Waals surface area contributed by atoms with Gasteiger partial charge in [0, 0.05) is 17.7 Å². The molecule has 2 rings (SSSR count). The topological polar surface area (TPSA) is 81.0 Å². The second-order valence-corrected chi connectivity index (χ2v) is 4.90. The van der Waals surface area contributed by atoms with E-state index >= 15 is 0 Å². The van der Waals surface area contributed by atoms with Crippen LogP contribution in [0.15, 0.2) is 48.2 Å². The van der Waals surface area contributed by atoms with Crippen molar-refractivity contribution in [2.45, 2.75) is 6.92 Å². The standard InChI is InChI=1S/C13H10N2O3S/c1-10-3-2-8-15(16,13(10)19(17)18)12-6-4-11(9-14)5-7-12/h2-8H,1H3. The number of rotatable bonds is 1. The van der Waals surface area contributed by atoms with Crippen LogP contribution in [0.25, 0.3) is 0 Å². The molecule has 1 aromatic carbocycles. The predicted octanol–water partition coefficient (Wildman–Crippen LogP) is 1.85. The molecular formula is C13H10N2O3S. The average molecular weight is 274 g/mol. The van der Waals surface area contributed by atoms with Crippen LogP contribution < -0.4 is 4.65 Å². The minimum absolute atomic E-state index is 0.238. The van der Waals surface area contributed by atoms with Crippen LogP contribution in [-0.4, -0.2) is 13.4 Å². The summed E-state index contributed by atoms with van der Waals surface area (Å²) in [6.45, 7) is 1.57. The molecule has 6 heteroatoms. The number of hydrogen-bond donors (Lipinski definition) is 0. The maximum Gasteiger partial charge on any atom is 0.277 e. The summed E-state index contributed by atoms with van der Waals surface area (Å²) >= 11 is 0. The van der Waals surface area contributed by atoms with Gasteiger partial charge in [-0.2, -0.15) is 13.7 Å². The molecule has 5 nitrogen and oxygen atoms in total. The van der Waals surface area contributed by atoms with Crippen molar-refractivity contribution in [2.24, 2.45) is 0 Å². The smallest absolute Gasteiger partial charge is 0.277 e. The molecule has 0 aromatic heterocycles. The van der Waals surface area contributed by atoms with Crippen molar-refractivity contribution in [3.8, 4) is 6.07 Å². The van der Waals surface area contributed by atoms with Crippen LogP contribution in [0.5, 0.6) is 0 Å². The fourth-order valence-corrected chi connectivity index (χ4v) is 2.63. The molecule has 1 aliphatic heterocycles. The van der Waals surface area contributed by atoms with Crippen molar-refractivity contribution in [1.82, 2.24) is 4.65 Å². The van der Waals surface area contributed by atoms with Crippen LogP contribution in [0.3, 0.4) is 0 Å². The molecular weight excluding hydrogens is 264 g/mol. The molecule has 0 bridgehead atoms. The fourth-order valence-electron chi connectivity index (χ4n) is 1.91. The van der Waals surface area contributed by atoms with Gasteiger partial charge in [0.05, 0.1) is 11.6 Å². The number of nitriles is 1. The summed E-state index contributed by atoms with van der Waals surface area (Å²) in [6.07, 6.45) is 4.35. The molecule has 1 atom stereocenters. The van der Waals surface area contributed by atoms with Gasteiger partial charge in [-0.1, -0.05) is 0 Å². The lowest BCUT2D eigenvalue weighted by atomic mass is 10.1. The van der Waals surface area contributed by atoms with Gasteiger partial charge in [-0.25, -0.2) is 0 Å². The molecule has 0 radical (unpaired) electrons. The Kier molecular flexibility index (Phi) is 3.36. The largest absolute Gasteiger partial charge is 0.616 e. The van der Waals surface area contributed by atoms with E-state index in [4.69, 9.17) is 5.26 Å². The number of hydrogen-bond acceptors (Lipinski definition) is 4. The van der Waals surface area contributed by atoms with Crippen molar-refractivity contribution >= 4 is 21.0 Å². The molecule has 0 amide bonds. The Bertz CT molecular complexity index is 744. The molecule has 0 N–H and O–H groups in total. The monoisotopic (exact) mass is 274 g/mol. The molecule has 1 aromatic rings. The molecule has 1 unspecified atom stereocenters. The third-order valence-electron chi connectivity index (χ3n) is 2.82. The summed E-state index contributed by atoms with van der Waals surface area (Å²) in [5, 5.41) is 21.5. The molecule has 0 saturated carbocycles. The second kappa shape index (κ2) is 4.82. The molecule has 19 heavy (non-hydrogen) atoms. The van der Waals surface area contributed by atoms with Crippen LogP contribution in [0.2, 0.25) is 0 Å². The molecule has 96 valence electrons. The molecule has 0 saturated heterocycles. The van der Waals surface area contributed by atoms with Gasteiger partial charge in [-0.15, -0.1) is 0 Å². The van der Waals surface area contributed by atoms with E-state index in [2.05, 4.69) is 0 Å². The zero-order chi connectivity index (χ0) is 14.0. The zero-order valence-corrected chi connectivity index (χ0v) is 10.9. The summed E-state index contributed by atoms with van der Waals surface area (Å²) in [7, 11) is -2.62. The Morgan fingerprint density at radius 3 is 2.42 bits per heavy atom. The highest BCUT2D eigenvalue weighted by Crippen LogP contribution is 2.28. The third-order valence-corrected chi connectivity index (χ3v) is 3.73. The van der Waals surface area contributed by atoms with E-state index < -0.39 is 14.9 Å². The van der Waals surface area contributed by atoms with Crippen molar-refractivity contribution in [1.29, 1.82) is 5.26 Å². The van der Waals surface area contributed by atoms with E-state index in [1.807, 2.05) is 6.07 Å². The van der Waals surface area contributed by atoms with E-state index in [-0.39, 0.29) is 10.7 Å². The van der Waals surface area contributed by atoms with Crippen molar-refractivity contribution < 1.29 is 8.42 Å². The molecule has 1 aliphatic rings. The summed E-state index contributed by atoms with van der Waals surface area (Å²) in [4.78, 5) is -0.243. The van der Waals surface area contributed by atoms with E-state index in [0.717, 1.165) is 0 Å². The Hall–Kier alpha value is -2.20. The van der Waals surface area contributed by atoms with E-state index in [1.54, 1.807) is 13.0 Å². The summed E-state index contributed by atoms with van der Waals surface area (Å²) in [5.74, 6) is 0. The number of nitrogens with zero attached hydrogens (tertiary/aromatic N) is 2. The van der Waals surface area contributed by atoms with E-state index in [0.29, 0.717) is 11.1 Å². The van der Waals surface area contributed by atoms with Gasteiger partial charge in [0.1, 0.15) is 11.9 Å². The van der Waals surface area contributed by atoms with Gasteiger partial charge in [0.15, 0.2) is 0 Å². The van der Waals surface area contributed by atoms with Crippen molar-refractivity contribution in [2.75, 3.05) is 0 Å². The van der Waals surface area contributed by atoms with Gasteiger partial charge in [0.25, 0.3) is 15.3 Å². The van der Waals surface area contributed by atoms with Crippen LogP contribution >= 0.6 is 0 Å². The van der Waals surface area contributed by atoms with Gasteiger partial charge in [0.2, 0.25) is 0 Å². The SMILES string of the molecule is CC1=CC=C[N+]([O-])(c2ccc(C#N)cc2)C1=S(=O)=O. The molecule has 0 fully saturated rings.